The average Bonchev–Trinajstić information content (AvgIpc) is 3.09. The number of nitrogens with one attached hydrogen (secondary N) is 1. The number of aliphatic hydroxyl groups is 2. The molecular formula is C22H25N3O3. The highest BCUT2D eigenvalue weighted by molar-refractivity contribution is 5.92. The van der Waals surface area contributed by atoms with E-state index in [1.165, 1.54) is 10.9 Å². The summed E-state index contributed by atoms with van der Waals surface area (Å²) >= 11 is 0. The van der Waals surface area contributed by atoms with Crippen molar-refractivity contribution in [2.45, 2.75) is 13.0 Å². The van der Waals surface area contributed by atoms with Crippen LogP contribution in [0.4, 0.5) is 0 Å². The monoisotopic (exact) mass is 379 g/mol. The molecule has 0 fully saturated rings. The summed E-state index contributed by atoms with van der Waals surface area (Å²) in [5.74, 6) is -0.835. The summed E-state index contributed by atoms with van der Waals surface area (Å²) in [4.78, 5) is 16.4. The number of nitrogens with zero attached hydrogens (tertiary/aromatic N) is 1. The lowest BCUT2D eigenvalue weighted by Crippen LogP contribution is -2.28. The van der Waals surface area contributed by atoms with E-state index in [0.717, 1.165) is 30.1 Å². The molecule has 3 aromatic rings. The van der Waals surface area contributed by atoms with Gasteiger partial charge in [-0.05, 0) is 23.6 Å². The minimum atomic E-state index is -0.687. The van der Waals surface area contributed by atoms with Crippen molar-refractivity contribution in [3.8, 4) is 0 Å². The minimum absolute atomic E-state index is 0.0914. The summed E-state index contributed by atoms with van der Waals surface area (Å²) in [7, 11) is 0. The number of primary amides is 1. The fourth-order valence-corrected chi connectivity index (χ4v) is 3.29. The fourth-order valence-electron chi connectivity index (χ4n) is 3.29. The Morgan fingerprint density at radius 2 is 1.86 bits per heavy atom. The van der Waals surface area contributed by atoms with Crippen LogP contribution >= 0.6 is 0 Å². The molecular weight excluding hydrogens is 354 g/mol. The maximum atomic E-state index is 10.9. The second-order valence-electron chi connectivity index (χ2n) is 6.74. The quantitative estimate of drug-likeness (QED) is 0.339. The number of benzene rings is 2. The average molecular weight is 379 g/mol. The van der Waals surface area contributed by atoms with Crippen molar-refractivity contribution in [1.82, 2.24) is 9.88 Å². The Kier molecular flexibility index (Phi) is 6.47. The molecule has 146 valence electrons. The van der Waals surface area contributed by atoms with E-state index in [-0.39, 0.29) is 12.4 Å². The number of hydrogen-bond donors (Lipinski definition) is 4. The first-order chi connectivity index (χ1) is 13.6. The molecule has 0 spiro atoms. The van der Waals surface area contributed by atoms with Crippen molar-refractivity contribution in [1.29, 1.82) is 0 Å². The van der Waals surface area contributed by atoms with Gasteiger partial charge < -0.3 is 20.9 Å². The van der Waals surface area contributed by atoms with Crippen LogP contribution in [0.15, 0.2) is 60.8 Å². The summed E-state index contributed by atoms with van der Waals surface area (Å²) in [5, 5.41) is 20.5. The first kappa shape index (κ1) is 19.7. The lowest BCUT2D eigenvalue weighted by Gasteiger charge is -2.21. The molecule has 6 heteroatoms. The molecule has 3 rings (SSSR count). The molecule has 1 heterocycles. The molecule has 0 bridgehead atoms. The number of fused-ring (bicyclic) bond motifs is 1. The molecule has 0 aliphatic rings. The van der Waals surface area contributed by atoms with Crippen LogP contribution in [0.2, 0.25) is 0 Å². The zero-order valence-corrected chi connectivity index (χ0v) is 15.6. The molecule has 0 aliphatic heterocycles. The number of hydrogen-bond acceptors (Lipinski definition) is 4. The Morgan fingerprint density at radius 3 is 2.57 bits per heavy atom. The number of H-pyrrole nitrogens is 1. The van der Waals surface area contributed by atoms with Crippen molar-refractivity contribution >= 4 is 22.6 Å². The number of nitrogens with two attached hydrogens (primary N) is 1. The molecule has 0 unspecified atom stereocenters. The lowest BCUT2D eigenvalue weighted by molar-refractivity contribution is -0.113. The van der Waals surface area contributed by atoms with E-state index < -0.39 is 5.91 Å². The summed E-state index contributed by atoms with van der Waals surface area (Å²) in [6, 6.07) is 15.5. The predicted molar refractivity (Wildman–Crippen MR) is 111 cm³/mol. The van der Waals surface area contributed by atoms with Crippen molar-refractivity contribution in [3.63, 3.8) is 0 Å². The highest BCUT2D eigenvalue weighted by atomic mass is 16.3. The molecule has 5 N–H and O–H groups in total. The largest absolute Gasteiger partial charge is 0.507 e. The van der Waals surface area contributed by atoms with E-state index >= 15 is 0 Å². The highest BCUT2D eigenvalue weighted by Gasteiger charge is 2.09. The third-order valence-electron chi connectivity index (χ3n) is 4.72. The van der Waals surface area contributed by atoms with E-state index in [1.54, 1.807) is 12.1 Å². The molecule has 2 aromatic carbocycles. The van der Waals surface area contributed by atoms with E-state index in [4.69, 9.17) is 5.73 Å². The van der Waals surface area contributed by atoms with Crippen LogP contribution in [0.1, 0.15) is 16.7 Å². The van der Waals surface area contributed by atoms with Crippen LogP contribution in [0.3, 0.4) is 0 Å². The highest BCUT2D eigenvalue weighted by Crippen LogP contribution is 2.19. The van der Waals surface area contributed by atoms with E-state index in [2.05, 4.69) is 22.0 Å². The zero-order chi connectivity index (χ0) is 19.9. The van der Waals surface area contributed by atoms with Gasteiger partial charge in [-0.15, -0.1) is 0 Å². The van der Waals surface area contributed by atoms with Gasteiger partial charge in [0.25, 0.3) is 0 Å². The number of para-hydroxylation sites is 1. The van der Waals surface area contributed by atoms with Crippen LogP contribution in [-0.4, -0.2) is 45.7 Å². The maximum Gasteiger partial charge on any atom is 0.245 e. The number of aromatic nitrogens is 1. The third kappa shape index (κ3) is 5.00. The van der Waals surface area contributed by atoms with Gasteiger partial charge in [0.2, 0.25) is 5.91 Å². The molecule has 0 radical (unpaired) electrons. The van der Waals surface area contributed by atoms with Gasteiger partial charge in [0.15, 0.2) is 0 Å². The molecule has 6 nitrogen and oxygen atoms in total. The molecule has 0 saturated carbocycles. The van der Waals surface area contributed by atoms with Gasteiger partial charge in [0, 0.05) is 48.4 Å². The van der Waals surface area contributed by atoms with Crippen LogP contribution in [0, 0.1) is 0 Å². The SMILES string of the molecule is NC(=O)C=C(O)c1ccc(CN(CCO)CCc2c[nH]c3ccccc23)cc1. The van der Waals surface area contributed by atoms with Crippen molar-refractivity contribution in [3.05, 3.63) is 77.5 Å². The van der Waals surface area contributed by atoms with E-state index in [0.29, 0.717) is 18.7 Å². The Morgan fingerprint density at radius 1 is 1.11 bits per heavy atom. The lowest BCUT2D eigenvalue weighted by atomic mass is 10.1. The van der Waals surface area contributed by atoms with Crippen molar-refractivity contribution in [2.24, 2.45) is 5.73 Å². The van der Waals surface area contributed by atoms with Gasteiger partial charge in [-0.2, -0.15) is 0 Å². The Hall–Kier alpha value is -3.09. The third-order valence-corrected chi connectivity index (χ3v) is 4.72. The smallest absolute Gasteiger partial charge is 0.245 e. The molecule has 0 atom stereocenters. The number of amides is 1. The van der Waals surface area contributed by atoms with Gasteiger partial charge in [-0.3, -0.25) is 9.69 Å². The van der Waals surface area contributed by atoms with E-state index in [1.807, 2.05) is 30.5 Å². The standard InChI is InChI=1S/C22H25N3O3/c23-22(28)13-21(27)17-7-5-16(6-8-17)15-25(11-12-26)10-9-18-14-24-20-4-2-1-3-19(18)20/h1-8,13-14,24,26-27H,9-12,15H2,(H2,23,28). The summed E-state index contributed by atoms with van der Waals surface area (Å²) in [6.07, 6.45) is 3.92. The predicted octanol–water partition coefficient (Wildman–Crippen LogP) is 2.59. The molecule has 0 saturated heterocycles. The van der Waals surface area contributed by atoms with Gasteiger partial charge in [0.1, 0.15) is 5.76 Å². The second kappa shape index (κ2) is 9.21. The normalized spacial score (nSPS) is 12.0. The molecule has 1 amide bonds. The van der Waals surface area contributed by atoms with Crippen LogP contribution in [0.25, 0.3) is 16.7 Å². The fraction of sp³-hybridized carbons (Fsp3) is 0.227. The molecule has 0 aliphatic carbocycles. The Labute approximate surface area is 163 Å². The van der Waals surface area contributed by atoms with Crippen LogP contribution < -0.4 is 5.73 Å². The maximum absolute atomic E-state index is 10.9. The van der Waals surface area contributed by atoms with Gasteiger partial charge in [-0.25, -0.2) is 0 Å². The summed E-state index contributed by atoms with van der Waals surface area (Å²) in [6.45, 7) is 2.17. The van der Waals surface area contributed by atoms with Crippen LogP contribution in [-0.2, 0) is 17.8 Å². The van der Waals surface area contributed by atoms with Gasteiger partial charge in [0.05, 0.1) is 6.61 Å². The summed E-state index contributed by atoms with van der Waals surface area (Å²) in [5.41, 5.74) is 9.05. The van der Waals surface area contributed by atoms with Gasteiger partial charge in [-0.1, -0.05) is 42.5 Å². The number of aliphatic hydroxyl groups excluding tert-OH is 2. The summed E-state index contributed by atoms with van der Waals surface area (Å²) < 4.78 is 0. The topological polar surface area (TPSA) is 103 Å². The van der Waals surface area contributed by atoms with E-state index in [9.17, 15) is 15.0 Å². The van der Waals surface area contributed by atoms with Crippen molar-refractivity contribution < 1.29 is 15.0 Å². The number of aromatic amines is 1. The molecule has 1 aromatic heterocycles. The first-order valence-electron chi connectivity index (χ1n) is 9.24. The second-order valence-corrected chi connectivity index (χ2v) is 6.74. The minimum Gasteiger partial charge on any atom is -0.507 e. The number of rotatable bonds is 9. The number of carbonyl (C=O) groups excluding carboxylic acids is 1. The Balaban J connectivity index is 1.65. The molecule has 28 heavy (non-hydrogen) atoms. The number of carbonyl (C=O) groups is 1. The zero-order valence-electron chi connectivity index (χ0n) is 15.6. The Bertz CT molecular complexity index is 961. The van der Waals surface area contributed by atoms with Crippen molar-refractivity contribution in [2.75, 3.05) is 19.7 Å². The van der Waals surface area contributed by atoms with Gasteiger partial charge >= 0.3 is 0 Å². The van der Waals surface area contributed by atoms with Crippen LogP contribution in [0.5, 0.6) is 0 Å². The first-order valence-corrected chi connectivity index (χ1v) is 9.24.